The number of benzene rings is 1. The van der Waals surface area contributed by atoms with E-state index < -0.39 is 0 Å². The first kappa shape index (κ1) is 12.7. The summed E-state index contributed by atoms with van der Waals surface area (Å²) in [6.45, 7) is 1.69. The first-order valence-electron chi connectivity index (χ1n) is 5.41. The molecule has 1 aromatic heterocycles. The molecule has 17 heavy (non-hydrogen) atoms. The number of thiophene rings is 1. The van der Waals surface area contributed by atoms with E-state index in [1.165, 1.54) is 17.7 Å². The second-order valence-electron chi connectivity index (χ2n) is 3.79. The van der Waals surface area contributed by atoms with Gasteiger partial charge in [-0.2, -0.15) is 11.3 Å². The third kappa shape index (κ3) is 3.91. The zero-order valence-corrected chi connectivity index (χ0v) is 11.7. The first-order valence-corrected chi connectivity index (χ1v) is 7.15. The van der Waals surface area contributed by atoms with E-state index in [2.05, 4.69) is 38.1 Å². The molecule has 0 atom stereocenters. The Kier molecular flexibility index (Phi) is 4.71. The largest absolute Gasteiger partial charge is 0.312 e. The van der Waals surface area contributed by atoms with Crippen LogP contribution in [-0.2, 0) is 13.0 Å². The molecule has 0 aliphatic heterocycles. The van der Waals surface area contributed by atoms with Gasteiger partial charge in [-0.25, -0.2) is 4.39 Å². The minimum atomic E-state index is -0.209. The summed E-state index contributed by atoms with van der Waals surface area (Å²) < 4.78 is 13.7. The van der Waals surface area contributed by atoms with Gasteiger partial charge in [0.05, 0.1) is 0 Å². The molecule has 0 unspecified atom stereocenters. The normalized spacial score (nSPS) is 10.7. The predicted octanol–water partition coefficient (Wildman–Crippen LogP) is 3.98. The number of rotatable bonds is 5. The Labute approximate surface area is 113 Å². The Balaban J connectivity index is 1.78. The van der Waals surface area contributed by atoms with Gasteiger partial charge in [0.1, 0.15) is 5.82 Å². The average molecular weight is 314 g/mol. The molecule has 1 nitrogen and oxygen atoms in total. The van der Waals surface area contributed by atoms with Crippen molar-refractivity contribution in [3.05, 3.63) is 56.4 Å². The molecule has 2 rings (SSSR count). The summed E-state index contributed by atoms with van der Waals surface area (Å²) in [5, 5.41) is 7.60. The van der Waals surface area contributed by atoms with Gasteiger partial charge in [-0.3, -0.25) is 0 Å². The number of hydrogen-bond acceptors (Lipinski definition) is 2. The lowest BCUT2D eigenvalue weighted by Crippen LogP contribution is -2.16. The second-order valence-corrected chi connectivity index (χ2v) is 5.43. The zero-order valence-electron chi connectivity index (χ0n) is 9.25. The van der Waals surface area contributed by atoms with Crippen molar-refractivity contribution in [1.82, 2.24) is 5.32 Å². The van der Waals surface area contributed by atoms with E-state index in [4.69, 9.17) is 0 Å². The van der Waals surface area contributed by atoms with Gasteiger partial charge in [0.25, 0.3) is 0 Å². The molecule has 0 saturated heterocycles. The molecular formula is C13H13BrFNS. The van der Waals surface area contributed by atoms with E-state index in [0.717, 1.165) is 29.5 Å². The van der Waals surface area contributed by atoms with Gasteiger partial charge < -0.3 is 5.32 Å². The van der Waals surface area contributed by atoms with Crippen molar-refractivity contribution in [3.63, 3.8) is 0 Å². The van der Waals surface area contributed by atoms with Gasteiger partial charge in [-0.05, 0) is 53.1 Å². The summed E-state index contributed by atoms with van der Waals surface area (Å²) in [4.78, 5) is 0. The SMILES string of the molecule is Fc1ccc(CNCCc2ccsc2)c(Br)c1. The van der Waals surface area contributed by atoms with Gasteiger partial charge in [-0.1, -0.05) is 22.0 Å². The van der Waals surface area contributed by atoms with Crippen LogP contribution in [0.2, 0.25) is 0 Å². The molecule has 0 spiro atoms. The molecule has 4 heteroatoms. The lowest BCUT2D eigenvalue weighted by atomic mass is 10.2. The number of nitrogens with one attached hydrogen (secondary N) is 1. The molecule has 1 N–H and O–H groups in total. The van der Waals surface area contributed by atoms with Crippen LogP contribution in [0.3, 0.4) is 0 Å². The van der Waals surface area contributed by atoms with Crippen molar-refractivity contribution in [2.75, 3.05) is 6.54 Å². The van der Waals surface area contributed by atoms with E-state index in [1.54, 1.807) is 17.4 Å². The molecule has 0 fully saturated rings. The molecule has 90 valence electrons. The first-order chi connectivity index (χ1) is 8.25. The third-order valence-corrected chi connectivity index (χ3v) is 3.97. The fourth-order valence-electron chi connectivity index (χ4n) is 1.56. The average Bonchev–Trinajstić information content (AvgIpc) is 2.79. The van der Waals surface area contributed by atoms with E-state index in [0.29, 0.717) is 0 Å². The maximum absolute atomic E-state index is 12.9. The van der Waals surface area contributed by atoms with Crippen molar-refractivity contribution < 1.29 is 4.39 Å². The smallest absolute Gasteiger partial charge is 0.124 e. The Morgan fingerprint density at radius 1 is 1.29 bits per heavy atom. The highest BCUT2D eigenvalue weighted by Gasteiger charge is 2.01. The second kappa shape index (κ2) is 6.28. The summed E-state index contributed by atoms with van der Waals surface area (Å²) in [6.07, 6.45) is 1.03. The van der Waals surface area contributed by atoms with Crippen LogP contribution in [0.4, 0.5) is 4.39 Å². The predicted molar refractivity (Wildman–Crippen MR) is 73.8 cm³/mol. The van der Waals surface area contributed by atoms with Gasteiger partial charge in [0.2, 0.25) is 0 Å². The quantitative estimate of drug-likeness (QED) is 0.823. The minimum absolute atomic E-state index is 0.209. The molecule has 0 aliphatic rings. The van der Waals surface area contributed by atoms with Crippen LogP contribution in [0.5, 0.6) is 0 Å². The van der Waals surface area contributed by atoms with Crippen molar-refractivity contribution >= 4 is 27.3 Å². The van der Waals surface area contributed by atoms with Crippen LogP contribution >= 0.6 is 27.3 Å². The summed E-state index contributed by atoms with van der Waals surface area (Å²) >= 11 is 5.08. The molecular weight excluding hydrogens is 301 g/mol. The fourth-order valence-corrected chi connectivity index (χ4v) is 2.75. The Bertz CT molecular complexity index is 470. The Morgan fingerprint density at radius 3 is 2.88 bits per heavy atom. The molecule has 1 aromatic carbocycles. The molecule has 0 bridgehead atoms. The van der Waals surface area contributed by atoms with Crippen molar-refractivity contribution in [3.8, 4) is 0 Å². The molecule has 0 amide bonds. The fraction of sp³-hybridized carbons (Fsp3) is 0.231. The summed E-state index contributed by atoms with van der Waals surface area (Å²) in [5.74, 6) is -0.209. The third-order valence-electron chi connectivity index (χ3n) is 2.50. The summed E-state index contributed by atoms with van der Waals surface area (Å²) in [6, 6.07) is 6.92. The lowest BCUT2D eigenvalue weighted by Gasteiger charge is -2.06. The highest BCUT2D eigenvalue weighted by atomic mass is 79.9. The summed E-state index contributed by atoms with van der Waals surface area (Å²) in [7, 11) is 0. The topological polar surface area (TPSA) is 12.0 Å². The van der Waals surface area contributed by atoms with Crippen LogP contribution < -0.4 is 5.32 Å². The maximum atomic E-state index is 12.9. The van der Waals surface area contributed by atoms with Crippen molar-refractivity contribution in [1.29, 1.82) is 0 Å². The molecule has 0 saturated carbocycles. The standard InChI is InChI=1S/C13H13BrFNS/c14-13-7-12(15)2-1-11(13)8-16-5-3-10-4-6-17-9-10/h1-2,4,6-7,9,16H,3,5,8H2. The van der Waals surface area contributed by atoms with Crippen LogP contribution in [0.25, 0.3) is 0 Å². The lowest BCUT2D eigenvalue weighted by molar-refractivity contribution is 0.623. The van der Waals surface area contributed by atoms with Gasteiger partial charge in [0, 0.05) is 11.0 Å². The molecule has 1 heterocycles. The monoisotopic (exact) mass is 313 g/mol. The van der Waals surface area contributed by atoms with Gasteiger partial charge in [0.15, 0.2) is 0 Å². The van der Waals surface area contributed by atoms with E-state index in [-0.39, 0.29) is 5.82 Å². The van der Waals surface area contributed by atoms with E-state index in [9.17, 15) is 4.39 Å². The van der Waals surface area contributed by atoms with Gasteiger partial charge >= 0.3 is 0 Å². The Hall–Kier alpha value is -0.710. The van der Waals surface area contributed by atoms with Crippen LogP contribution in [0.15, 0.2) is 39.5 Å². The van der Waals surface area contributed by atoms with Crippen molar-refractivity contribution in [2.24, 2.45) is 0 Å². The minimum Gasteiger partial charge on any atom is -0.312 e. The summed E-state index contributed by atoms with van der Waals surface area (Å²) in [5.41, 5.74) is 2.44. The highest BCUT2D eigenvalue weighted by molar-refractivity contribution is 9.10. The highest BCUT2D eigenvalue weighted by Crippen LogP contribution is 2.17. The number of hydrogen-bond donors (Lipinski definition) is 1. The van der Waals surface area contributed by atoms with Gasteiger partial charge in [-0.15, -0.1) is 0 Å². The maximum Gasteiger partial charge on any atom is 0.124 e. The zero-order chi connectivity index (χ0) is 12.1. The van der Waals surface area contributed by atoms with E-state index >= 15 is 0 Å². The molecule has 2 aromatic rings. The molecule has 0 aliphatic carbocycles. The van der Waals surface area contributed by atoms with Crippen molar-refractivity contribution in [2.45, 2.75) is 13.0 Å². The Morgan fingerprint density at radius 2 is 2.18 bits per heavy atom. The van der Waals surface area contributed by atoms with Crippen LogP contribution in [0.1, 0.15) is 11.1 Å². The molecule has 0 radical (unpaired) electrons. The number of halogens is 2. The van der Waals surface area contributed by atoms with Crippen LogP contribution in [-0.4, -0.2) is 6.54 Å². The van der Waals surface area contributed by atoms with Crippen LogP contribution in [0, 0.1) is 5.82 Å². The van der Waals surface area contributed by atoms with E-state index in [1.807, 2.05) is 0 Å².